The Morgan fingerprint density at radius 3 is 1.57 bits per heavy atom. The number of hydrogen-bond acceptors (Lipinski definition) is 2. The van der Waals surface area contributed by atoms with E-state index in [0.717, 1.165) is 0 Å². The molecule has 0 bridgehead atoms. The molecule has 0 heterocycles. The Kier molecular flexibility index (Phi) is 6.51. The molecule has 0 saturated heterocycles. The molecule has 2 N–H and O–H groups in total. The highest BCUT2D eigenvalue weighted by Gasteiger charge is 2.57. The minimum absolute atomic E-state index is 0. The second kappa shape index (κ2) is 5.62. The summed E-state index contributed by atoms with van der Waals surface area (Å²) in [5.41, 5.74) is 4.70. The summed E-state index contributed by atoms with van der Waals surface area (Å²) >= 11 is 0. The van der Waals surface area contributed by atoms with Crippen LogP contribution in [-0.4, -0.2) is 31.6 Å². The first kappa shape index (κ1) is 16.2. The number of ether oxygens (including phenoxy) is 1. The van der Waals surface area contributed by atoms with Crippen molar-refractivity contribution < 1.29 is 31.1 Å². The maximum atomic E-state index is 11.7. The third-order valence-electron chi connectivity index (χ3n) is 0.997. The van der Waals surface area contributed by atoms with Gasteiger partial charge in [0.25, 0.3) is 0 Å². The van der Waals surface area contributed by atoms with Gasteiger partial charge in [-0.15, -0.1) is 12.4 Å². The van der Waals surface area contributed by atoms with Gasteiger partial charge in [-0.25, -0.2) is 0 Å². The molecule has 0 fully saturated rings. The fraction of sp³-hybridized carbons (Fsp3) is 1.00. The van der Waals surface area contributed by atoms with Gasteiger partial charge in [0.15, 0.2) is 0 Å². The van der Waals surface area contributed by atoms with Crippen LogP contribution < -0.4 is 5.73 Å². The fourth-order valence-electron chi connectivity index (χ4n) is 0.560. The molecule has 0 aliphatic rings. The summed E-state index contributed by atoms with van der Waals surface area (Å²) in [5, 5.41) is 0. The maximum absolute atomic E-state index is 11.7. The van der Waals surface area contributed by atoms with Gasteiger partial charge in [0.1, 0.15) is 0 Å². The topological polar surface area (TPSA) is 35.2 Å². The second-order valence-electron chi connectivity index (χ2n) is 2.12. The molecule has 0 aromatic heterocycles. The lowest BCUT2D eigenvalue weighted by Gasteiger charge is -2.22. The molecule has 0 aromatic carbocycles. The highest BCUT2D eigenvalue weighted by Crippen LogP contribution is 2.35. The van der Waals surface area contributed by atoms with E-state index in [1.807, 2.05) is 0 Å². The normalized spacial score (nSPS) is 12.9. The van der Waals surface area contributed by atoms with Crippen LogP contribution in [0.2, 0.25) is 0 Å². The Morgan fingerprint density at radius 1 is 1.00 bits per heavy atom. The Balaban J connectivity index is 0. The average Bonchev–Trinajstić information content (AvgIpc) is 1.81. The summed E-state index contributed by atoms with van der Waals surface area (Å²) in [6, 6.07) is 0. The van der Waals surface area contributed by atoms with Gasteiger partial charge in [0.05, 0.1) is 6.61 Å². The van der Waals surface area contributed by atoms with Gasteiger partial charge in [-0.1, -0.05) is 0 Å². The molecule has 88 valence electrons. The molecule has 14 heavy (non-hydrogen) atoms. The van der Waals surface area contributed by atoms with Crippen molar-refractivity contribution in [1.82, 2.24) is 0 Å². The summed E-state index contributed by atoms with van der Waals surface area (Å²) in [5.74, 6) is 0. The third kappa shape index (κ3) is 5.51. The van der Waals surface area contributed by atoms with Crippen LogP contribution in [0.3, 0.4) is 0 Å². The molecule has 0 radical (unpaired) electrons. The molecule has 0 saturated carbocycles. The number of halogens is 7. The molecule has 0 aliphatic carbocycles. The van der Waals surface area contributed by atoms with Crippen molar-refractivity contribution in [1.29, 1.82) is 0 Å². The third-order valence-corrected chi connectivity index (χ3v) is 0.997. The van der Waals surface area contributed by atoms with Crippen LogP contribution in [0.5, 0.6) is 0 Å². The molecule has 0 amide bonds. The molecule has 0 aliphatic heterocycles. The molecule has 0 unspecified atom stereocenters. The first-order valence-corrected chi connectivity index (χ1v) is 3.14. The van der Waals surface area contributed by atoms with Gasteiger partial charge < -0.3 is 10.5 Å². The molecular weight excluding hydrogens is 240 g/mol. The van der Waals surface area contributed by atoms with Crippen LogP contribution in [0.15, 0.2) is 0 Å². The standard InChI is InChI=1S/C5H7F6NO.ClH/c6-4(7,8)3(5(9,10)11)13-2-1-12;/h3H,1-2,12H2;1H. The maximum Gasteiger partial charge on any atom is 0.423 e. The van der Waals surface area contributed by atoms with Crippen LogP contribution in [0, 0.1) is 0 Å². The summed E-state index contributed by atoms with van der Waals surface area (Å²) in [4.78, 5) is 0. The van der Waals surface area contributed by atoms with Crippen LogP contribution in [-0.2, 0) is 4.74 Å². The van der Waals surface area contributed by atoms with E-state index in [4.69, 9.17) is 5.73 Å². The SMILES string of the molecule is Cl.NCCOC(C(F)(F)F)C(F)(F)F. The summed E-state index contributed by atoms with van der Waals surface area (Å²) < 4.78 is 73.5. The van der Waals surface area contributed by atoms with Crippen molar-refractivity contribution in [2.24, 2.45) is 5.73 Å². The minimum Gasteiger partial charge on any atom is -0.360 e. The first-order valence-electron chi connectivity index (χ1n) is 3.14. The number of hydrogen-bond donors (Lipinski definition) is 1. The lowest BCUT2D eigenvalue weighted by atomic mass is 10.3. The highest BCUT2D eigenvalue weighted by molar-refractivity contribution is 5.85. The Bertz CT molecular complexity index is 143. The second-order valence-corrected chi connectivity index (χ2v) is 2.12. The van der Waals surface area contributed by atoms with E-state index in [1.54, 1.807) is 0 Å². The van der Waals surface area contributed by atoms with E-state index >= 15 is 0 Å². The molecule has 9 heteroatoms. The lowest BCUT2D eigenvalue weighted by Crippen LogP contribution is -2.45. The lowest BCUT2D eigenvalue weighted by molar-refractivity contribution is -0.321. The van der Waals surface area contributed by atoms with Crippen molar-refractivity contribution in [3.63, 3.8) is 0 Å². The van der Waals surface area contributed by atoms with Gasteiger partial charge in [-0.2, -0.15) is 26.3 Å². The predicted octanol–water partition coefficient (Wildman–Crippen LogP) is 1.88. The van der Waals surface area contributed by atoms with Crippen molar-refractivity contribution >= 4 is 12.4 Å². The Hall–Kier alpha value is -0.210. The van der Waals surface area contributed by atoms with Gasteiger partial charge in [0.2, 0.25) is 6.10 Å². The predicted molar refractivity (Wildman–Crippen MR) is 38.2 cm³/mol. The molecule has 0 spiro atoms. The highest BCUT2D eigenvalue weighted by atomic mass is 35.5. The minimum atomic E-state index is -5.45. The zero-order chi connectivity index (χ0) is 10.7. The molecular formula is C5H8ClF6NO. The van der Waals surface area contributed by atoms with Crippen molar-refractivity contribution in [2.75, 3.05) is 13.2 Å². The summed E-state index contributed by atoms with van der Waals surface area (Å²) in [7, 11) is 0. The number of alkyl halides is 6. The van der Waals surface area contributed by atoms with E-state index in [1.165, 1.54) is 0 Å². The van der Waals surface area contributed by atoms with Crippen LogP contribution in [0.25, 0.3) is 0 Å². The number of rotatable bonds is 3. The quantitative estimate of drug-likeness (QED) is 0.773. The summed E-state index contributed by atoms with van der Waals surface area (Å²) in [6.45, 7) is -1.19. The smallest absolute Gasteiger partial charge is 0.360 e. The monoisotopic (exact) mass is 247 g/mol. The average molecular weight is 248 g/mol. The van der Waals surface area contributed by atoms with Crippen molar-refractivity contribution in [3.05, 3.63) is 0 Å². The van der Waals surface area contributed by atoms with E-state index < -0.39 is 31.6 Å². The van der Waals surface area contributed by atoms with E-state index in [2.05, 4.69) is 4.74 Å². The van der Waals surface area contributed by atoms with Crippen molar-refractivity contribution in [2.45, 2.75) is 18.5 Å². The number of nitrogens with two attached hydrogens (primary N) is 1. The van der Waals surface area contributed by atoms with Crippen LogP contribution in [0.4, 0.5) is 26.3 Å². The first-order chi connectivity index (χ1) is 5.69. The molecule has 0 aromatic rings. The van der Waals surface area contributed by atoms with E-state index in [-0.39, 0.29) is 12.4 Å². The largest absolute Gasteiger partial charge is 0.423 e. The van der Waals surface area contributed by atoms with Crippen LogP contribution in [0.1, 0.15) is 0 Å². The Labute approximate surface area is 81.8 Å². The van der Waals surface area contributed by atoms with Gasteiger partial charge >= 0.3 is 12.4 Å². The molecule has 0 atom stereocenters. The van der Waals surface area contributed by atoms with Gasteiger partial charge in [-0.3, -0.25) is 0 Å². The zero-order valence-corrected chi connectivity index (χ0v) is 7.47. The van der Waals surface area contributed by atoms with E-state index in [9.17, 15) is 26.3 Å². The van der Waals surface area contributed by atoms with Gasteiger partial charge in [-0.05, 0) is 0 Å². The zero-order valence-electron chi connectivity index (χ0n) is 6.65. The van der Waals surface area contributed by atoms with Crippen LogP contribution >= 0.6 is 12.4 Å². The molecule has 0 rings (SSSR count). The molecule has 2 nitrogen and oxygen atoms in total. The Morgan fingerprint density at radius 2 is 1.36 bits per heavy atom. The van der Waals surface area contributed by atoms with Crippen molar-refractivity contribution in [3.8, 4) is 0 Å². The van der Waals surface area contributed by atoms with E-state index in [0.29, 0.717) is 0 Å². The van der Waals surface area contributed by atoms with Gasteiger partial charge in [0, 0.05) is 6.54 Å². The fourth-order valence-corrected chi connectivity index (χ4v) is 0.560. The summed E-state index contributed by atoms with van der Waals surface area (Å²) in [6.07, 6.45) is -14.6.